The van der Waals surface area contributed by atoms with E-state index in [1.54, 1.807) is 0 Å². The van der Waals surface area contributed by atoms with Crippen molar-refractivity contribution in [3.63, 3.8) is 0 Å². The van der Waals surface area contributed by atoms with Crippen LogP contribution in [0, 0.1) is 11.7 Å². The smallest absolute Gasteiger partial charge is 0.249 e. The molecule has 0 saturated carbocycles. The molecule has 1 aromatic rings. The molecule has 3 saturated heterocycles. The lowest BCUT2D eigenvalue weighted by molar-refractivity contribution is -0.133. The number of carbonyl (C=O) groups is 3. The highest BCUT2D eigenvalue weighted by Gasteiger charge is 2.28. The SMILES string of the molecule is O=CN1CCC(CN2CCC(c3ccc(NC4CCC(=O)NC4=O)cc3F)CC2)CC1. The van der Waals surface area contributed by atoms with Crippen LogP contribution in [0.1, 0.15) is 50.0 Å². The van der Waals surface area contributed by atoms with Gasteiger partial charge in [0.05, 0.1) is 0 Å². The Kier molecular flexibility index (Phi) is 6.85. The van der Waals surface area contributed by atoms with Crippen molar-refractivity contribution in [3.05, 3.63) is 29.6 Å². The topological polar surface area (TPSA) is 81.8 Å². The number of halogens is 1. The second kappa shape index (κ2) is 9.77. The molecule has 0 radical (unpaired) electrons. The first-order valence-corrected chi connectivity index (χ1v) is 11.3. The van der Waals surface area contributed by atoms with E-state index < -0.39 is 6.04 Å². The van der Waals surface area contributed by atoms with Crippen LogP contribution in [0.15, 0.2) is 18.2 Å². The minimum absolute atomic E-state index is 0.206. The van der Waals surface area contributed by atoms with Gasteiger partial charge < -0.3 is 15.1 Å². The number of benzene rings is 1. The summed E-state index contributed by atoms with van der Waals surface area (Å²) in [6, 6.07) is 4.62. The molecular weight excluding hydrogens is 399 g/mol. The highest BCUT2D eigenvalue weighted by molar-refractivity contribution is 6.01. The monoisotopic (exact) mass is 430 g/mol. The second-order valence-corrected chi connectivity index (χ2v) is 9.04. The van der Waals surface area contributed by atoms with Crippen molar-refractivity contribution in [2.45, 2.75) is 50.5 Å². The lowest BCUT2D eigenvalue weighted by Gasteiger charge is -2.37. The number of nitrogens with zero attached hydrogens (tertiary/aromatic N) is 2. The maximum atomic E-state index is 14.8. The lowest BCUT2D eigenvalue weighted by Crippen LogP contribution is -2.47. The Labute approximate surface area is 182 Å². The van der Waals surface area contributed by atoms with Gasteiger partial charge in [-0.1, -0.05) is 6.07 Å². The molecule has 4 rings (SSSR count). The van der Waals surface area contributed by atoms with E-state index in [-0.39, 0.29) is 23.5 Å². The van der Waals surface area contributed by atoms with Gasteiger partial charge in [-0.3, -0.25) is 19.7 Å². The Hall–Kier alpha value is -2.48. The van der Waals surface area contributed by atoms with Crippen molar-refractivity contribution >= 4 is 23.9 Å². The molecule has 1 aromatic carbocycles. The normalized spacial score (nSPS) is 24.2. The third-order valence-electron chi connectivity index (χ3n) is 6.92. The number of hydrogen-bond donors (Lipinski definition) is 2. The molecule has 0 aliphatic carbocycles. The Bertz CT molecular complexity index is 817. The molecule has 3 aliphatic heterocycles. The number of likely N-dealkylation sites (tertiary alicyclic amines) is 2. The minimum atomic E-state index is -0.510. The van der Waals surface area contributed by atoms with Gasteiger partial charge in [-0.25, -0.2) is 4.39 Å². The number of amides is 3. The molecule has 0 spiro atoms. The first-order valence-electron chi connectivity index (χ1n) is 11.3. The van der Waals surface area contributed by atoms with Crippen LogP contribution in [-0.4, -0.2) is 66.8 Å². The number of nitrogens with one attached hydrogen (secondary N) is 2. The second-order valence-electron chi connectivity index (χ2n) is 9.04. The molecular formula is C23H31FN4O3. The summed E-state index contributed by atoms with van der Waals surface area (Å²) in [5.74, 6) is -0.0100. The van der Waals surface area contributed by atoms with Crippen molar-refractivity contribution in [1.82, 2.24) is 15.1 Å². The molecule has 0 bridgehead atoms. The van der Waals surface area contributed by atoms with Gasteiger partial charge in [0.2, 0.25) is 18.2 Å². The molecule has 1 unspecified atom stereocenters. The van der Waals surface area contributed by atoms with Crippen molar-refractivity contribution in [3.8, 4) is 0 Å². The molecule has 2 N–H and O–H groups in total. The van der Waals surface area contributed by atoms with Crippen LogP contribution >= 0.6 is 0 Å². The third kappa shape index (κ3) is 5.42. The average molecular weight is 431 g/mol. The van der Waals surface area contributed by atoms with E-state index in [2.05, 4.69) is 15.5 Å². The van der Waals surface area contributed by atoms with Gasteiger partial charge in [0.1, 0.15) is 11.9 Å². The number of hydrogen-bond acceptors (Lipinski definition) is 5. The maximum Gasteiger partial charge on any atom is 0.249 e. The molecule has 168 valence electrons. The quantitative estimate of drug-likeness (QED) is 0.534. The number of carbonyl (C=O) groups excluding carboxylic acids is 3. The number of anilines is 1. The Morgan fingerprint density at radius 3 is 2.45 bits per heavy atom. The number of piperidine rings is 3. The Morgan fingerprint density at radius 1 is 1.06 bits per heavy atom. The van der Waals surface area contributed by atoms with Crippen LogP contribution in [-0.2, 0) is 14.4 Å². The fourth-order valence-electron chi connectivity index (χ4n) is 5.01. The molecule has 3 aliphatic rings. The van der Waals surface area contributed by atoms with Crippen LogP contribution in [0.2, 0.25) is 0 Å². The Balaban J connectivity index is 1.27. The van der Waals surface area contributed by atoms with E-state index >= 15 is 0 Å². The van der Waals surface area contributed by atoms with E-state index in [0.29, 0.717) is 24.4 Å². The van der Waals surface area contributed by atoms with Gasteiger partial charge >= 0.3 is 0 Å². The summed E-state index contributed by atoms with van der Waals surface area (Å²) in [4.78, 5) is 38.4. The zero-order valence-electron chi connectivity index (χ0n) is 17.8. The molecule has 3 heterocycles. The standard InChI is InChI=1S/C23H31FN4O3/c24-20-13-18(25-21-3-4-22(30)26-23(21)31)1-2-19(20)17-7-11-27(12-8-17)14-16-5-9-28(15-29)10-6-16/h1-2,13,15-17,21,25H,3-12,14H2,(H,26,30,31). The van der Waals surface area contributed by atoms with E-state index in [1.807, 2.05) is 17.0 Å². The molecule has 7 nitrogen and oxygen atoms in total. The summed E-state index contributed by atoms with van der Waals surface area (Å²) in [6.07, 6.45) is 5.65. The summed E-state index contributed by atoms with van der Waals surface area (Å²) < 4.78 is 14.8. The minimum Gasteiger partial charge on any atom is -0.374 e. The van der Waals surface area contributed by atoms with E-state index in [4.69, 9.17) is 0 Å². The third-order valence-corrected chi connectivity index (χ3v) is 6.92. The van der Waals surface area contributed by atoms with Crippen LogP contribution in [0.4, 0.5) is 10.1 Å². The fourth-order valence-corrected chi connectivity index (χ4v) is 5.01. The molecule has 0 aromatic heterocycles. The fraction of sp³-hybridized carbons (Fsp3) is 0.609. The summed E-state index contributed by atoms with van der Waals surface area (Å²) in [7, 11) is 0. The number of imide groups is 1. The van der Waals surface area contributed by atoms with Gasteiger partial charge in [-0.2, -0.15) is 0 Å². The molecule has 1 atom stereocenters. The van der Waals surface area contributed by atoms with Crippen molar-refractivity contribution < 1.29 is 18.8 Å². The van der Waals surface area contributed by atoms with Crippen LogP contribution in [0.25, 0.3) is 0 Å². The zero-order valence-corrected chi connectivity index (χ0v) is 17.8. The maximum absolute atomic E-state index is 14.8. The van der Waals surface area contributed by atoms with Crippen LogP contribution < -0.4 is 10.6 Å². The zero-order chi connectivity index (χ0) is 21.8. The van der Waals surface area contributed by atoms with Gasteiger partial charge in [0.15, 0.2) is 0 Å². The summed E-state index contributed by atoms with van der Waals surface area (Å²) in [6.45, 7) is 4.71. The number of rotatable bonds is 6. The van der Waals surface area contributed by atoms with E-state index in [0.717, 1.165) is 70.4 Å². The summed E-state index contributed by atoms with van der Waals surface area (Å²) in [5, 5.41) is 5.35. The summed E-state index contributed by atoms with van der Waals surface area (Å²) >= 11 is 0. The van der Waals surface area contributed by atoms with Gasteiger partial charge in [-0.05, 0) is 74.7 Å². The van der Waals surface area contributed by atoms with Crippen molar-refractivity contribution in [2.24, 2.45) is 5.92 Å². The van der Waals surface area contributed by atoms with Crippen molar-refractivity contribution in [2.75, 3.05) is 38.0 Å². The van der Waals surface area contributed by atoms with E-state index in [9.17, 15) is 18.8 Å². The molecule has 3 amide bonds. The highest BCUT2D eigenvalue weighted by atomic mass is 19.1. The summed E-state index contributed by atoms with van der Waals surface area (Å²) in [5.41, 5.74) is 1.31. The molecule has 8 heteroatoms. The van der Waals surface area contributed by atoms with Crippen LogP contribution in [0.3, 0.4) is 0 Å². The predicted octanol–water partition coefficient (Wildman–Crippen LogP) is 2.09. The van der Waals surface area contributed by atoms with E-state index in [1.165, 1.54) is 6.07 Å². The van der Waals surface area contributed by atoms with Crippen LogP contribution in [0.5, 0.6) is 0 Å². The molecule has 3 fully saturated rings. The Morgan fingerprint density at radius 2 is 1.81 bits per heavy atom. The first kappa shape index (κ1) is 21.7. The molecule has 31 heavy (non-hydrogen) atoms. The largest absolute Gasteiger partial charge is 0.374 e. The lowest BCUT2D eigenvalue weighted by atomic mass is 9.88. The van der Waals surface area contributed by atoms with Gasteiger partial charge in [-0.15, -0.1) is 0 Å². The predicted molar refractivity (Wildman–Crippen MR) is 115 cm³/mol. The highest BCUT2D eigenvalue weighted by Crippen LogP contribution is 2.32. The van der Waals surface area contributed by atoms with Gasteiger partial charge in [0, 0.05) is 31.7 Å². The van der Waals surface area contributed by atoms with Crippen molar-refractivity contribution in [1.29, 1.82) is 0 Å². The average Bonchev–Trinajstić information content (AvgIpc) is 2.77. The van der Waals surface area contributed by atoms with Gasteiger partial charge in [0.25, 0.3) is 0 Å². The first-order chi connectivity index (χ1) is 15.0.